The molecule has 19 heavy (non-hydrogen) atoms. The van der Waals surface area contributed by atoms with E-state index in [1.54, 1.807) is 9.80 Å². The van der Waals surface area contributed by atoms with Crippen LogP contribution in [0.15, 0.2) is 0 Å². The molecule has 0 radical (unpaired) electrons. The number of carboxylic acids is 1. The summed E-state index contributed by atoms with van der Waals surface area (Å²) in [5.41, 5.74) is 0. The molecule has 0 aliphatic carbocycles. The van der Waals surface area contributed by atoms with Gasteiger partial charge in [0, 0.05) is 39.1 Å². The molecule has 2 N–H and O–H groups in total. The largest absolute Gasteiger partial charge is 0.481 e. The van der Waals surface area contributed by atoms with Crippen molar-refractivity contribution in [3.8, 4) is 0 Å². The van der Waals surface area contributed by atoms with Gasteiger partial charge in [-0.1, -0.05) is 0 Å². The summed E-state index contributed by atoms with van der Waals surface area (Å²) in [5, 5.41) is 11.7. The van der Waals surface area contributed by atoms with Crippen molar-refractivity contribution in [2.24, 2.45) is 5.92 Å². The number of nitrogens with zero attached hydrogens (tertiary/aromatic N) is 2. The predicted octanol–water partition coefficient (Wildman–Crippen LogP) is -0.277. The van der Waals surface area contributed by atoms with Crippen LogP contribution in [0.25, 0.3) is 0 Å². The van der Waals surface area contributed by atoms with Crippen LogP contribution in [-0.2, 0) is 9.59 Å². The molecular weight excluding hydrogens is 250 g/mol. The molecule has 7 nitrogen and oxygen atoms in total. The maximum absolute atomic E-state index is 12.2. The highest BCUT2D eigenvalue weighted by molar-refractivity contribution is 5.78. The first kappa shape index (κ1) is 13.6. The Labute approximate surface area is 111 Å². The predicted molar refractivity (Wildman–Crippen MR) is 66.5 cm³/mol. The first-order valence-corrected chi connectivity index (χ1v) is 6.51. The third-order valence-corrected chi connectivity index (χ3v) is 3.67. The van der Waals surface area contributed by atoms with E-state index in [4.69, 9.17) is 5.11 Å². The lowest BCUT2D eigenvalue weighted by molar-refractivity contribution is -0.141. The fourth-order valence-electron chi connectivity index (χ4n) is 2.67. The van der Waals surface area contributed by atoms with Crippen molar-refractivity contribution < 1.29 is 19.5 Å². The molecule has 0 spiro atoms. The van der Waals surface area contributed by atoms with Crippen LogP contribution in [0.2, 0.25) is 0 Å². The van der Waals surface area contributed by atoms with Crippen LogP contribution in [0.3, 0.4) is 0 Å². The Balaban J connectivity index is 1.85. The Bertz CT molecular complexity index is 398. The van der Waals surface area contributed by atoms with Gasteiger partial charge in [-0.05, 0) is 12.8 Å². The van der Waals surface area contributed by atoms with Crippen LogP contribution in [0.4, 0.5) is 4.79 Å². The zero-order valence-corrected chi connectivity index (χ0v) is 11.0. The second-order valence-electron chi connectivity index (χ2n) is 5.18. The fourth-order valence-corrected chi connectivity index (χ4v) is 2.67. The topological polar surface area (TPSA) is 90.0 Å². The molecule has 0 aromatic heterocycles. The Hall–Kier alpha value is -1.79. The van der Waals surface area contributed by atoms with E-state index in [1.165, 1.54) is 6.92 Å². The van der Waals surface area contributed by atoms with Gasteiger partial charge in [0.25, 0.3) is 0 Å². The third kappa shape index (κ3) is 3.15. The van der Waals surface area contributed by atoms with Gasteiger partial charge in [0.2, 0.25) is 5.91 Å². The summed E-state index contributed by atoms with van der Waals surface area (Å²) >= 11 is 0. The molecule has 2 rings (SSSR count). The van der Waals surface area contributed by atoms with Gasteiger partial charge in [-0.3, -0.25) is 9.59 Å². The van der Waals surface area contributed by atoms with Gasteiger partial charge in [0.1, 0.15) is 0 Å². The quantitative estimate of drug-likeness (QED) is 0.721. The maximum atomic E-state index is 12.2. The zero-order chi connectivity index (χ0) is 14.0. The van der Waals surface area contributed by atoms with Gasteiger partial charge in [0.05, 0.1) is 5.92 Å². The fraction of sp³-hybridized carbons (Fsp3) is 0.750. The van der Waals surface area contributed by atoms with Crippen LogP contribution in [0, 0.1) is 5.92 Å². The molecule has 7 heteroatoms. The van der Waals surface area contributed by atoms with E-state index in [1.807, 2.05) is 0 Å². The summed E-state index contributed by atoms with van der Waals surface area (Å²) in [5.74, 6) is -1.38. The number of urea groups is 1. The van der Waals surface area contributed by atoms with E-state index in [-0.39, 0.29) is 24.5 Å². The van der Waals surface area contributed by atoms with Crippen molar-refractivity contribution in [3.63, 3.8) is 0 Å². The molecule has 2 saturated heterocycles. The van der Waals surface area contributed by atoms with Crippen LogP contribution >= 0.6 is 0 Å². The van der Waals surface area contributed by atoms with E-state index in [2.05, 4.69) is 5.32 Å². The highest BCUT2D eigenvalue weighted by atomic mass is 16.4. The van der Waals surface area contributed by atoms with E-state index in [0.29, 0.717) is 26.1 Å². The monoisotopic (exact) mass is 269 g/mol. The van der Waals surface area contributed by atoms with E-state index in [9.17, 15) is 14.4 Å². The second-order valence-corrected chi connectivity index (χ2v) is 5.18. The number of nitrogens with one attached hydrogen (secondary N) is 1. The molecule has 0 bridgehead atoms. The molecule has 2 atom stereocenters. The SMILES string of the molecule is CC(=O)NC1CCN(C(=O)N2CCC(C(=O)O)C2)C1. The van der Waals surface area contributed by atoms with Crippen molar-refractivity contribution in [1.29, 1.82) is 0 Å². The van der Waals surface area contributed by atoms with Gasteiger partial charge in [-0.2, -0.15) is 0 Å². The van der Waals surface area contributed by atoms with Gasteiger partial charge in [0.15, 0.2) is 0 Å². The van der Waals surface area contributed by atoms with E-state index in [0.717, 1.165) is 6.42 Å². The summed E-state index contributed by atoms with van der Waals surface area (Å²) in [6.07, 6.45) is 1.27. The number of carboxylic acid groups (broad SMARTS) is 1. The summed E-state index contributed by atoms with van der Waals surface area (Å²) in [6.45, 7) is 3.36. The molecule has 106 valence electrons. The normalized spacial score (nSPS) is 26.6. The number of likely N-dealkylation sites (tertiary alicyclic amines) is 2. The average molecular weight is 269 g/mol. The van der Waals surface area contributed by atoms with Crippen molar-refractivity contribution in [2.45, 2.75) is 25.8 Å². The Morgan fingerprint density at radius 2 is 1.74 bits per heavy atom. The lowest BCUT2D eigenvalue weighted by atomic mass is 10.1. The van der Waals surface area contributed by atoms with Crippen LogP contribution < -0.4 is 5.32 Å². The molecule has 0 saturated carbocycles. The average Bonchev–Trinajstić information content (AvgIpc) is 2.95. The molecule has 2 fully saturated rings. The smallest absolute Gasteiger partial charge is 0.320 e. The number of amides is 3. The summed E-state index contributed by atoms with van der Waals surface area (Å²) < 4.78 is 0. The summed E-state index contributed by atoms with van der Waals surface area (Å²) in [6, 6.07) is -0.101. The number of carbonyl (C=O) groups is 3. The third-order valence-electron chi connectivity index (χ3n) is 3.67. The van der Waals surface area contributed by atoms with Crippen molar-refractivity contribution in [2.75, 3.05) is 26.2 Å². The van der Waals surface area contributed by atoms with Gasteiger partial charge < -0.3 is 20.2 Å². The molecule has 3 amide bonds. The molecule has 2 aliphatic rings. The Kier molecular flexibility index (Phi) is 3.92. The summed E-state index contributed by atoms with van der Waals surface area (Å²) in [7, 11) is 0. The maximum Gasteiger partial charge on any atom is 0.320 e. The molecule has 0 aromatic carbocycles. The van der Waals surface area contributed by atoms with Crippen molar-refractivity contribution in [1.82, 2.24) is 15.1 Å². The minimum Gasteiger partial charge on any atom is -0.481 e. The minimum atomic E-state index is -0.840. The highest BCUT2D eigenvalue weighted by Gasteiger charge is 2.35. The Morgan fingerprint density at radius 1 is 1.11 bits per heavy atom. The van der Waals surface area contributed by atoms with Crippen LogP contribution in [0.1, 0.15) is 19.8 Å². The number of hydrogen-bond acceptors (Lipinski definition) is 3. The first-order chi connectivity index (χ1) is 8.97. The molecule has 0 aromatic rings. The second kappa shape index (κ2) is 5.46. The van der Waals surface area contributed by atoms with Crippen molar-refractivity contribution >= 4 is 17.9 Å². The molecule has 2 aliphatic heterocycles. The number of rotatable bonds is 2. The number of carbonyl (C=O) groups excluding carboxylic acids is 2. The van der Waals surface area contributed by atoms with Crippen molar-refractivity contribution in [3.05, 3.63) is 0 Å². The zero-order valence-electron chi connectivity index (χ0n) is 11.0. The van der Waals surface area contributed by atoms with Gasteiger partial charge in [-0.15, -0.1) is 0 Å². The molecule has 2 heterocycles. The number of aliphatic carboxylic acids is 1. The molecule has 2 unspecified atom stereocenters. The van der Waals surface area contributed by atoms with Crippen LogP contribution in [0.5, 0.6) is 0 Å². The Morgan fingerprint density at radius 3 is 2.32 bits per heavy atom. The summed E-state index contributed by atoms with van der Waals surface area (Å²) in [4.78, 5) is 37.3. The lowest BCUT2D eigenvalue weighted by Crippen LogP contribution is -2.43. The highest BCUT2D eigenvalue weighted by Crippen LogP contribution is 2.20. The number of hydrogen-bond donors (Lipinski definition) is 2. The van der Waals surface area contributed by atoms with E-state index < -0.39 is 11.9 Å². The minimum absolute atomic E-state index is 0.0133. The van der Waals surface area contributed by atoms with Gasteiger partial charge in [-0.25, -0.2) is 4.79 Å². The van der Waals surface area contributed by atoms with E-state index >= 15 is 0 Å². The van der Waals surface area contributed by atoms with Gasteiger partial charge >= 0.3 is 12.0 Å². The lowest BCUT2D eigenvalue weighted by Gasteiger charge is -2.24. The molecular formula is C12H19N3O4. The first-order valence-electron chi connectivity index (χ1n) is 6.51. The van der Waals surface area contributed by atoms with Crippen LogP contribution in [-0.4, -0.2) is 65.0 Å². The standard InChI is InChI=1S/C12H19N3O4/c1-8(16)13-10-3-5-15(7-10)12(19)14-4-2-9(6-14)11(17)18/h9-10H,2-7H2,1H3,(H,13,16)(H,17,18).